The van der Waals surface area contributed by atoms with Crippen LogP contribution in [0, 0.1) is 0 Å². The average Bonchev–Trinajstić information content (AvgIpc) is 3.28. The van der Waals surface area contributed by atoms with E-state index < -0.39 is 0 Å². The summed E-state index contributed by atoms with van der Waals surface area (Å²) in [6, 6.07) is 21.9. The summed E-state index contributed by atoms with van der Waals surface area (Å²) in [5, 5.41) is 10.1. The van der Waals surface area contributed by atoms with Gasteiger partial charge in [0.1, 0.15) is 5.75 Å². The van der Waals surface area contributed by atoms with Crippen molar-refractivity contribution in [2.75, 3.05) is 19.6 Å². The number of nitrogens with zero attached hydrogens (tertiary/aromatic N) is 3. The van der Waals surface area contributed by atoms with E-state index in [4.69, 9.17) is 9.84 Å². The highest BCUT2D eigenvalue weighted by Crippen LogP contribution is 2.50. The van der Waals surface area contributed by atoms with Crippen molar-refractivity contribution in [1.29, 1.82) is 0 Å². The van der Waals surface area contributed by atoms with Crippen molar-refractivity contribution < 1.29 is 4.74 Å². The number of piperidine rings is 1. The van der Waals surface area contributed by atoms with E-state index in [1.165, 1.54) is 28.3 Å². The molecule has 0 N–H and O–H groups in total. The molecular formula is C27H28BrN3O. The van der Waals surface area contributed by atoms with Crippen LogP contribution in [0.25, 0.3) is 10.8 Å². The Kier molecular flexibility index (Phi) is 4.99. The quantitative estimate of drug-likeness (QED) is 0.429. The Morgan fingerprint density at radius 3 is 2.66 bits per heavy atom. The van der Waals surface area contributed by atoms with Gasteiger partial charge in [-0.3, -0.25) is 0 Å². The van der Waals surface area contributed by atoms with Crippen molar-refractivity contribution in [1.82, 2.24) is 9.91 Å². The Morgan fingerprint density at radius 2 is 1.84 bits per heavy atom. The normalized spacial score (nSPS) is 21.9. The lowest BCUT2D eigenvalue weighted by atomic mass is 9.90. The minimum absolute atomic E-state index is 0.218. The Hall–Kier alpha value is -2.37. The zero-order chi connectivity index (χ0) is 21.7. The van der Waals surface area contributed by atoms with Gasteiger partial charge < -0.3 is 9.64 Å². The lowest BCUT2D eigenvalue weighted by molar-refractivity contribution is -0.149. The van der Waals surface area contributed by atoms with Crippen LogP contribution in [0.1, 0.15) is 49.8 Å². The Bertz CT molecular complexity index is 1200. The molecule has 32 heavy (non-hydrogen) atoms. The molecule has 1 saturated heterocycles. The number of fused-ring (bicyclic) bond motifs is 5. The highest BCUT2D eigenvalue weighted by Gasteiger charge is 2.51. The van der Waals surface area contributed by atoms with Gasteiger partial charge in [-0.15, -0.1) is 0 Å². The van der Waals surface area contributed by atoms with Crippen LogP contribution in [-0.2, 0) is 0 Å². The van der Waals surface area contributed by atoms with Gasteiger partial charge in [-0.1, -0.05) is 59.3 Å². The lowest BCUT2D eigenvalue weighted by Crippen LogP contribution is -2.59. The summed E-state index contributed by atoms with van der Waals surface area (Å²) in [4.78, 5) is 2.56. The van der Waals surface area contributed by atoms with Crippen molar-refractivity contribution >= 4 is 32.4 Å². The molecule has 3 heterocycles. The molecule has 164 valence electrons. The van der Waals surface area contributed by atoms with Crippen LogP contribution in [0.3, 0.4) is 0 Å². The number of hydrogen-bond donors (Lipinski definition) is 0. The number of rotatable bonds is 3. The van der Waals surface area contributed by atoms with E-state index in [0.717, 1.165) is 54.8 Å². The third kappa shape index (κ3) is 3.34. The fraction of sp³-hybridized carbons (Fsp3) is 0.370. The van der Waals surface area contributed by atoms with E-state index in [1.807, 2.05) is 0 Å². The van der Waals surface area contributed by atoms with Crippen LogP contribution < -0.4 is 4.74 Å². The zero-order valence-corrected chi connectivity index (χ0v) is 20.0. The number of halogens is 1. The van der Waals surface area contributed by atoms with Crippen LogP contribution in [0.2, 0.25) is 0 Å². The molecule has 3 aliphatic rings. The number of hydrazone groups is 1. The third-order valence-electron chi connectivity index (χ3n) is 7.22. The van der Waals surface area contributed by atoms with E-state index in [1.54, 1.807) is 0 Å². The molecule has 1 atom stereocenters. The number of hydrogen-bond acceptors (Lipinski definition) is 4. The number of ether oxygens (including phenoxy) is 1. The summed E-state index contributed by atoms with van der Waals surface area (Å²) in [7, 11) is 0. The molecule has 0 aromatic heterocycles. The van der Waals surface area contributed by atoms with E-state index in [0.29, 0.717) is 0 Å². The largest absolute Gasteiger partial charge is 0.466 e. The van der Waals surface area contributed by atoms with Gasteiger partial charge in [0.25, 0.3) is 0 Å². The minimum atomic E-state index is -0.353. The van der Waals surface area contributed by atoms with Crippen molar-refractivity contribution in [3.05, 3.63) is 76.3 Å². The summed E-state index contributed by atoms with van der Waals surface area (Å²) in [5.74, 6) is 1.02. The summed E-state index contributed by atoms with van der Waals surface area (Å²) in [6.45, 7) is 5.54. The van der Waals surface area contributed by atoms with E-state index in [9.17, 15) is 0 Å². The first-order valence-corrected chi connectivity index (χ1v) is 12.5. The Labute approximate surface area is 198 Å². The summed E-state index contributed by atoms with van der Waals surface area (Å²) >= 11 is 3.67. The maximum absolute atomic E-state index is 6.78. The van der Waals surface area contributed by atoms with Crippen LogP contribution in [-0.4, -0.2) is 41.0 Å². The predicted molar refractivity (Wildman–Crippen MR) is 133 cm³/mol. The van der Waals surface area contributed by atoms with Crippen LogP contribution in [0.15, 0.2) is 70.2 Å². The lowest BCUT2D eigenvalue weighted by Gasteiger charge is -2.51. The summed E-state index contributed by atoms with van der Waals surface area (Å²) < 4.78 is 7.87. The van der Waals surface area contributed by atoms with Crippen molar-refractivity contribution in [2.24, 2.45) is 5.10 Å². The number of likely N-dealkylation sites (tertiary alicyclic amines) is 1. The van der Waals surface area contributed by atoms with Crippen LogP contribution in [0.4, 0.5) is 0 Å². The standard InChI is InChI=1S/C27H28BrN3O/c1-2-13-30-14-11-27(12-15-30)31-25(23-17-22(28)9-10-26(23)32-27)18-24(29-31)21-8-7-19-5-3-4-6-20(19)16-21/h3-10,16-17,25H,2,11-15,18H2,1H3/t25-/m1/s1. The minimum Gasteiger partial charge on any atom is -0.466 e. The fourth-order valence-corrected chi connectivity index (χ4v) is 5.95. The molecule has 0 unspecified atom stereocenters. The molecule has 4 nitrogen and oxygen atoms in total. The molecule has 0 bridgehead atoms. The highest BCUT2D eigenvalue weighted by molar-refractivity contribution is 9.10. The third-order valence-corrected chi connectivity index (χ3v) is 7.71. The smallest absolute Gasteiger partial charge is 0.200 e. The molecule has 3 aromatic rings. The predicted octanol–water partition coefficient (Wildman–Crippen LogP) is 6.35. The highest BCUT2D eigenvalue weighted by atomic mass is 79.9. The van der Waals surface area contributed by atoms with Crippen LogP contribution >= 0.6 is 15.9 Å². The molecule has 0 saturated carbocycles. The molecule has 1 spiro atoms. The zero-order valence-electron chi connectivity index (χ0n) is 18.4. The van der Waals surface area contributed by atoms with Gasteiger partial charge in [0.2, 0.25) is 5.72 Å². The van der Waals surface area contributed by atoms with Crippen molar-refractivity contribution in [3.8, 4) is 5.75 Å². The fourth-order valence-electron chi connectivity index (χ4n) is 5.57. The first kappa shape index (κ1) is 20.3. The van der Waals surface area contributed by atoms with E-state index >= 15 is 0 Å². The molecule has 0 aliphatic carbocycles. The first-order valence-electron chi connectivity index (χ1n) is 11.7. The first-order chi connectivity index (χ1) is 15.6. The van der Waals surface area contributed by atoms with Gasteiger partial charge in [0, 0.05) is 42.4 Å². The van der Waals surface area contributed by atoms with Crippen molar-refractivity contribution in [3.63, 3.8) is 0 Å². The van der Waals surface area contributed by atoms with Gasteiger partial charge in [0.15, 0.2) is 0 Å². The summed E-state index contributed by atoms with van der Waals surface area (Å²) in [5.41, 5.74) is 3.26. The maximum Gasteiger partial charge on any atom is 0.200 e. The van der Waals surface area contributed by atoms with Gasteiger partial charge >= 0.3 is 0 Å². The Balaban J connectivity index is 1.40. The molecule has 0 amide bonds. The summed E-state index contributed by atoms with van der Waals surface area (Å²) in [6.07, 6.45) is 4.06. The van der Waals surface area contributed by atoms with Gasteiger partial charge in [-0.25, -0.2) is 5.01 Å². The van der Waals surface area contributed by atoms with Gasteiger partial charge in [-0.05, 0) is 53.6 Å². The average molecular weight is 490 g/mol. The molecule has 6 rings (SSSR count). The molecule has 0 radical (unpaired) electrons. The molecule has 3 aromatic carbocycles. The van der Waals surface area contributed by atoms with E-state index in [-0.39, 0.29) is 11.8 Å². The Morgan fingerprint density at radius 1 is 1.03 bits per heavy atom. The van der Waals surface area contributed by atoms with E-state index in [2.05, 4.69) is 93.4 Å². The SMILES string of the molecule is CCCN1CCC2(CC1)Oc1ccc(Br)cc1[C@H]1CC(c3ccc4ccccc4c3)=NN12. The number of benzene rings is 3. The second-order valence-corrected chi connectivity index (χ2v) is 10.2. The molecule has 5 heteroatoms. The van der Waals surface area contributed by atoms with Gasteiger partial charge in [-0.2, -0.15) is 5.10 Å². The van der Waals surface area contributed by atoms with Crippen molar-refractivity contribution in [2.45, 2.75) is 44.4 Å². The topological polar surface area (TPSA) is 28.1 Å². The molecule has 3 aliphatic heterocycles. The second kappa shape index (κ2) is 7.89. The monoisotopic (exact) mass is 489 g/mol. The molecule has 1 fully saturated rings. The van der Waals surface area contributed by atoms with Gasteiger partial charge in [0.05, 0.1) is 11.8 Å². The maximum atomic E-state index is 6.78. The van der Waals surface area contributed by atoms with Crippen LogP contribution in [0.5, 0.6) is 5.75 Å². The second-order valence-electron chi connectivity index (χ2n) is 9.25. The molecular weight excluding hydrogens is 462 g/mol.